The summed E-state index contributed by atoms with van der Waals surface area (Å²) in [4.78, 5) is 60.2. The molecule has 1 unspecified atom stereocenters. The van der Waals surface area contributed by atoms with Crippen LogP contribution < -0.4 is 10.7 Å². The first-order valence-electron chi connectivity index (χ1n) is 10.2. The van der Waals surface area contributed by atoms with Gasteiger partial charge in [-0.2, -0.15) is 0 Å². The highest BCUT2D eigenvalue weighted by atomic mass is 32.2. The molecular weight excluding hydrogens is 529 g/mol. The molecule has 1 saturated heterocycles. The average molecular weight is 545 g/mol. The SMILES string of the molecule is O=C(Cc1cccs1)NC1C(=O)N2C(C(=O)O)=C(C=CSc3cc(=O)c4nccnc4s3)CS[C@H]12. The van der Waals surface area contributed by atoms with Gasteiger partial charge >= 0.3 is 5.97 Å². The summed E-state index contributed by atoms with van der Waals surface area (Å²) in [5.41, 5.74) is 0.472. The van der Waals surface area contributed by atoms with Crippen molar-refractivity contribution in [2.45, 2.75) is 22.0 Å². The Morgan fingerprint density at radius 1 is 1.29 bits per heavy atom. The Balaban J connectivity index is 1.30. The predicted octanol–water partition coefficient (Wildman–Crippen LogP) is 2.70. The molecule has 3 aromatic rings. The number of hydrogen-bond donors (Lipinski definition) is 2. The smallest absolute Gasteiger partial charge is 0.352 e. The molecule has 0 aliphatic carbocycles. The molecule has 0 radical (unpaired) electrons. The van der Waals surface area contributed by atoms with Crippen molar-refractivity contribution in [1.82, 2.24) is 20.2 Å². The largest absolute Gasteiger partial charge is 0.477 e. The van der Waals surface area contributed by atoms with E-state index in [-0.39, 0.29) is 23.5 Å². The Hall–Kier alpha value is -3.00. The fourth-order valence-electron chi connectivity index (χ4n) is 3.68. The first-order valence-corrected chi connectivity index (χ1v) is 13.9. The van der Waals surface area contributed by atoms with Gasteiger partial charge in [0.15, 0.2) is 0 Å². The summed E-state index contributed by atoms with van der Waals surface area (Å²) in [6.07, 6.45) is 4.81. The number of carboxylic acid groups (broad SMARTS) is 1. The van der Waals surface area contributed by atoms with E-state index < -0.39 is 23.3 Å². The molecule has 2 atom stereocenters. The third-order valence-electron chi connectivity index (χ3n) is 5.23. The predicted molar refractivity (Wildman–Crippen MR) is 136 cm³/mol. The second kappa shape index (κ2) is 9.93. The fraction of sp³-hybridized carbons (Fsp3) is 0.182. The molecule has 9 nitrogen and oxygen atoms in total. The van der Waals surface area contributed by atoms with Gasteiger partial charge in [0.05, 0.1) is 10.6 Å². The van der Waals surface area contributed by atoms with Crippen LogP contribution in [0.2, 0.25) is 0 Å². The molecule has 35 heavy (non-hydrogen) atoms. The molecule has 2 aliphatic heterocycles. The van der Waals surface area contributed by atoms with Crippen molar-refractivity contribution < 1.29 is 19.5 Å². The Bertz CT molecular complexity index is 1450. The maximum Gasteiger partial charge on any atom is 0.352 e. The van der Waals surface area contributed by atoms with Crippen molar-refractivity contribution in [3.8, 4) is 0 Å². The summed E-state index contributed by atoms with van der Waals surface area (Å²) in [7, 11) is 0. The Morgan fingerprint density at radius 3 is 2.89 bits per heavy atom. The van der Waals surface area contributed by atoms with Crippen LogP contribution in [0.5, 0.6) is 0 Å². The van der Waals surface area contributed by atoms with E-state index in [4.69, 9.17) is 0 Å². The number of carbonyl (C=O) groups is 3. The lowest BCUT2D eigenvalue weighted by atomic mass is 10.0. The number of allylic oxidation sites excluding steroid dienone is 1. The van der Waals surface area contributed by atoms with Crippen LogP contribution in [0, 0.1) is 0 Å². The minimum Gasteiger partial charge on any atom is -0.477 e. The van der Waals surface area contributed by atoms with Crippen molar-refractivity contribution >= 4 is 74.3 Å². The molecule has 2 amide bonds. The van der Waals surface area contributed by atoms with E-state index in [1.807, 2.05) is 17.5 Å². The maximum atomic E-state index is 12.8. The Morgan fingerprint density at radius 2 is 2.11 bits per heavy atom. The van der Waals surface area contributed by atoms with Crippen molar-refractivity contribution in [2.24, 2.45) is 0 Å². The van der Waals surface area contributed by atoms with Crippen LogP contribution in [0.15, 0.2) is 67.7 Å². The van der Waals surface area contributed by atoms with Gasteiger partial charge in [0, 0.05) is 29.1 Å². The number of nitrogens with zero attached hydrogens (tertiary/aromatic N) is 3. The molecule has 0 saturated carbocycles. The molecule has 0 aromatic carbocycles. The average Bonchev–Trinajstić information content (AvgIpc) is 3.35. The number of amides is 2. The van der Waals surface area contributed by atoms with Gasteiger partial charge in [-0.15, -0.1) is 34.4 Å². The molecule has 2 aliphatic rings. The van der Waals surface area contributed by atoms with E-state index in [0.29, 0.717) is 25.9 Å². The molecule has 0 spiro atoms. The zero-order chi connectivity index (χ0) is 24.5. The monoisotopic (exact) mass is 544 g/mol. The molecule has 3 aromatic heterocycles. The van der Waals surface area contributed by atoms with Crippen LogP contribution in [0.1, 0.15) is 4.88 Å². The first kappa shape index (κ1) is 23.7. The number of carbonyl (C=O) groups excluding carboxylic acids is 2. The number of β-lactam (4-membered cyclic amide) rings is 1. The van der Waals surface area contributed by atoms with Gasteiger partial charge in [0.1, 0.15) is 27.5 Å². The molecule has 0 bridgehead atoms. The summed E-state index contributed by atoms with van der Waals surface area (Å²) in [6, 6.07) is 4.42. The van der Waals surface area contributed by atoms with Crippen molar-refractivity contribution in [1.29, 1.82) is 0 Å². The summed E-state index contributed by atoms with van der Waals surface area (Å²) in [6.45, 7) is 0. The highest BCUT2D eigenvalue weighted by Crippen LogP contribution is 2.41. The van der Waals surface area contributed by atoms with Gasteiger partial charge in [0.25, 0.3) is 5.91 Å². The molecule has 178 valence electrons. The van der Waals surface area contributed by atoms with Gasteiger partial charge in [0.2, 0.25) is 11.3 Å². The quantitative estimate of drug-likeness (QED) is 0.341. The Kier molecular flexibility index (Phi) is 6.73. The van der Waals surface area contributed by atoms with Crippen molar-refractivity contribution in [3.63, 3.8) is 0 Å². The van der Waals surface area contributed by atoms with Crippen molar-refractivity contribution in [3.05, 3.63) is 73.8 Å². The number of thiophene rings is 1. The number of nitrogens with one attached hydrogen (secondary N) is 1. The van der Waals surface area contributed by atoms with Gasteiger partial charge in [-0.05, 0) is 28.5 Å². The lowest BCUT2D eigenvalue weighted by Gasteiger charge is -2.49. The second-order valence-corrected chi connectivity index (χ2v) is 11.8. The van der Waals surface area contributed by atoms with Gasteiger partial charge in [-0.1, -0.05) is 17.8 Å². The normalized spacial score (nSPS) is 19.7. The summed E-state index contributed by atoms with van der Waals surface area (Å²) in [5, 5.41) is 15.7. The third kappa shape index (κ3) is 4.76. The van der Waals surface area contributed by atoms with Crippen LogP contribution >= 0.6 is 46.2 Å². The number of aliphatic carboxylic acids is 1. The molecule has 5 rings (SSSR count). The minimum absolute atomic E-state index is 0.0862. The topological polar surface area (TPSA) is 130 Å². The number of hydrogen-bond acceptors (Lipinski definition) is 10. The minimum atomic E-state index is -1.21. The van der Waals surface area contributed by atoms with Gasteiger partial charge < -0.3 is 10.4 Å². The molecule has 1 fully saturated rings. The highest BCUT2D eigenvalue weighted by Gasteiger charge is 2.53. The van der Waals surface area contributed by atoms with Gasteiger partial charge in [-0.3, -0.25) is 19.3 Å². The molecule has 5 heterocycles. The standard InChI is InChI=1S/C22H16N4O5S4/c27-13-9-15(35-19-16(13)23-4-5-24-19)33-7-3-11-10-34-21-17(20(29)26(21)18(11)22(30)31)25-14(28)8-12-2-1-6-32-12/h1-7,9,17,21H,8,10H2,(H,25,28)(H,30,31)/t17?,21-/m1/s1. The molecule has 13 heteroatoms. The lowest BCUT2D eigenvalue weighted by Crippen LogP contribution is -2.70. The lowest BCUT2D eigenvalue weighted by molar-refractivity contribution is -0.150. The third-order valence-corrected chi connectivity index (χ3v) is 9.38. The van der Waals surface area contributed by atoms with Crippen molar-refractivity contribution in [2.75, 3.05) is 5.75 Å². The number of aromatic nitrogens is 2. The highest BCUT2D eigenvalue weighted by molar-refractivity contribution is 8.04. The fourth-order valence-corrected chi connectivity index (χ4v) is 7.56. The summed E-state index contributed by atoms with van der Waals surface area (Å²) >= 11 is 5.43. The summed E-state index contributed by atoms with van der Waals surface area (Å²) in [5.74, 6) is -1.55. The van der Waals surface area contributed by atoms with Crippen LogP contribution in [-0.2, 0) is 20.8 Å². The van der Waals surface area contributed by atoms with Crippen LogP contribution in [0.25, 0.3) is 10.3 Å². The zero-order valence-corrected chi connectivity index (χ0v) is 21.0. The van der Waals surface area contributed by atoms with Crippen LogP contribution in [-0.4, -0.2) is 54.9 Å². The number of fused-ring (bicyclic) bond motifs is 2. The number of rotatable bonds is 7. The zero-order valence-electron chi connectivity index (χ0n) is 17.7. The van der Waals surface area contributed by atoms with Crippen LogP contribution in [0.4, 0.5) is 0 Å². The van der Waals surface area contributed by atoms with E-state index in [2.05, 4.69) is 15.3 Å². The van der Waals surface area contributed by atoms with E-state index in [0.717, 1.165) is 4.88 Å². The van der Waals surface area contributed by atoms with Gasteiger partial charge in [-0.25, -0.2) is 14.8 Å². The maximum absolute atomic E-state index is 12.8. The Labute approximate surface area is 215 Å². The second-order valence-electron chi connectivity index (χ2n) is 7.45. The van der Waals surface area contributed by atoms with Crippen LogP contribution in [0.3, 0.4) is 0 Å². The number of carboxylic acids is 1. The first-order chi connectivity index (χ1) is 16.9. The molecule has 2 N–H and O–H groups in total. The summed E-state index contributed by atoms with van der Waals surface area (Å²) < 4.78 is 0.687. The number of thioether (sulfide) groups is 2. The molecular formula is C22H16N4O5S4. The van der Waals surface area contributed by atoms with E-state index in [9.17, 15) is 24.3 Å². The van der Waals surface area contributed by atoms with E-state index in [1.165, 1.54) is 69.6 Å². The van der Waals surface area contributed by atoms with E-state index in [1.54, 1.807) is 11.5 Å². The van der Waals surface area contributed by atoms with E-state index >= 15 is 0 Å².